The van der Waals surface area contributed by atoms with Gasteiger partial charge in [-0.2, -0.15) is 0 Å². The molecule has 2 aliphatic rings. The molecule has 0 bridgehead atoms. The lowest BCUT2D eigenvalue weighted by molar-refractivity contribution is -0.120. The van der Waals surface area contributed by atoms with E-state index in [0.717, 1.165) is 12.8 Å². The Morgan fingerprint density at radius 2 is 1.13 bits per heavy atom. The molecule has 4 rings (SSSR count). The Morgan fingerprint density at radius 3 is 1.47 bits per heavy atom. The average Bonchev–Trinajstić information content (AvgIpc) is 2.62. The van der Waals surface area contributed by atoms with Crippen LogP contribution in [0.1, 0.15) is 96.6 Å². The molecule has 160 valence electrons. The van der Waals surface area contributed by atoms with Crippen LogP contribution in [0.25, 0.3) is 0 Å². The highest BCUT2D eigenvalue weighted by molar-refractivity contribution is 5.80. The van der Waals surface area contributed by atoms with Gasteiger partial charge in [-0.3, -0.25) is 4.79 Å². The first-order valence-electron chi connectivity index (χ1n) is 12.1. The number of ketones is 1. The first-order chi connectivity index (χ1) is 14.4. The summed E-state index contributed by atoms with van der Waals surface area (Å²) in [6.07, 6.45) is 9.25. The smallest absolute Gasteiger partial charge is 0.134 e. The van der Waals surface area contributed by atoms with E-state index >= 15 is 0 Å². The Hall–Kier alpha value is -1.89. The summed E-state index contributed by atoms with van der Waals surface area (Å²) in [5, 5.41) is 0. The lowest BCUT2D eigenvalue weighted by Crippen LogP contribution is -2.27. The molecule has 1 nitrogen and oxygen atoms in total. The second-order valence-corrected chi connectivity index (χ2v) is 10.3. The summed E-state index contributed by atoms with van der Waals surface area (Å²) >= 11 is 0. The van der Waals surface area contributed by atoms with Gasteiger partial charge in [0.2, 0.25) is 0 Å². The maximum absolute atomic E-state index is 13.5. The van der Waals surface area contributed by atoms with Gasteiger partial charge in [0.1, 0.15) is 5.78 Å². The van der Waals surface area contributed by atoms with Crippen LogP contribution < -0.4 is 0 Å². The third-order valence-electron chi connectivity index (χ3n) is 8.00. The molecule has 2 aliphatic carbocycles. The molecule has 0 saturated heterocycles. The summed E-state index contributed by atoms with van der Waals surface area (Å²) in [6.45, 7) is 8.79. The first kappa shape index (κ1) is 21.3. The van der Waals surface area contributed by atoms with Crippen molar-refractivity contribution in [3.8, 4) is 0 Å². The summed E-state index contributed by atoms with van der Waals surface area (Å²) in [7, 11) is 0. The van der Waals surface area contributed by atoms with Gasteiger partial charge in [0.15, 0.2) is 0 Å². The predicted octanol–water partition coefficient (Wildman–Crippen LogP) is 7.74. The van der Waals surface area contributed by atoms with Crippen molar-refractivity contribution >= 4 is 5.78 Å². The van der Waals surface area contributed by atoms with Crippen molar-refractivity contribution in [1.82, 2.24) is 0 Å². The fourth-order valence-corrected chi connectivity index (χ4v) is 5.64. The number of benzene rings is 2. The second kappa shape index (κ2) is 9.08. The zero-order valence-corrected chi connectivity index (χ0v) is 19.3. The SMILES string of the molecule is Cc1ccc(C)c([C@@H](CC(=O)C[C@H](c2cc(C)ccc2C)C2CCC2)C2CCC2)c1. The quantitative estimate of drug-likeness (QED) is 0.441. The molecule has 0 heterocycles. The summed E-state index contributed by atoms with van der Waals surface area (Å²) in [5.41, 5.74) is 8.20. The lowest BCUT2D eigenvalue weighted by atomic mass is 9.67. The van der Waals surface area contributed by atoms with Crippen LogP contribution in [-0.4, -0.2) is 5.78 Å². The van der Waals surface area contributed by atoms with Crippen LogP contribution in [0.3, 0.4) is 0 Å². The van der Waals surface area contributed by atoms with Crippen molar-refractivity contribution in [2.45, 2.75) is 90.9 Å². The average molecular weight is 403 g/mol. The molecule has 0 aromatic heterocycles. The van der Waals surface area contributed by atoms with Crippen LogP contribution in [0.2, 0.25) is 0 Å². The van der Waals surface area contributed by atoms with E-state index in [1.54, 1.807) is 0 Å². The minimum atomic E-state index is 0.409. The molecule has 0 N–H and O–H groups in total. The van der Waals surface area contributed by atoms with E-state index in [4.69, 9.17) is 0 Å². The van der Waals surface area contributed by atoms with Crippen molar-refractivity contribution in [2.24, 2.45) is 11.8 Å². The third kappa shape index (κ3) is 4.56. The molecule has 2 fully saturated rings. The molecule has 2 aromatic rings. The zero-order chi connectivity index (χ0) is 21.3. The standard InChI is InChI=1S/C29H38O/c1-19-11-13-21(3)26(15-19)28(23-7-5-8-23)17-25(30)18-29(24-9-6-10-24)27-16-20(2)12-14-22(27)4/h11-16,23-24,28-29H,5-10,17-18H2,1-4H3/t28-,29-/m0/s1. The van der Waals surface area contributed by atoms with Crippen molar-refractivity contribution in [2.75, 3.05) is 0 Å². The van der Waals surface area contributed by atoms with Gasteiger partial charge in [0, 0.05) is 12.8 Å². The number of hydrogen-bond acceptors (Lipinski definition) is 1. The Morgan fingerprint density at radius 1 is 0.733 bits per heavy atom. The second-order valence-electron chi connectivity index (χ2n) is 10.3. The van der Waals surface area contributed by atoms with Gasteiger partial charge >= 0.3 is 0 Å². The van der Waals surface area contributed by atoms with Gasteiger partial charge in [0.25, 0.3) is 0 Å². The molecular weight excluding hydrogens is 364 g/mol. The molecule has 2 atom stereocenters. The molecule has 0 radical (unpaired) electrons. The highest BCUT2D eigenvalue weighted by Crippen LogP contribution is 2.46. The lowest BCUT2D eigenvalue weighted by Gasteiger charge is -2.37. The largest absolute Gasteiger partial charge is 0.300 e. The van der Waals surface area contributed by atoms with E-state index in [2.05, 4.69) is 64.1 Å². The van der Waals surface area contributed by atoms with E-state index in [9.17, 15) is 4.79 Å². The number of rotatable bonds is 8. The van der Waals surface area contributed by atoms with Crippen molar-refractivity contribution in [3.05, 3.63) is 69.8 Å². The van der Waals surface area contributed by atoms with E-state index in [0.29, 0.717) is 29.5 Å². The molecular formula is C29H38O. The monoisotopic (exact) mass is 402 g/mol. The van der Waals surface area contributed by atoms with E-state index in [1.807, 2.05) is 0 Å². The minimum absolute atomic E-state index is 0.409. The van der Waals surface area contributed by atoms with E-state index in [-0.39, 0.29) is 0 Å². The Bertz CT molecular complexity index is 827. The van der Waals surface area contributed by atoms with E-state index < -0.39 is 0 Å². The van der Waals surface area contributed by atoms with Crippen molar-refractivity contribution < 1.29 is 4.79 Å². The Balaban J connectivity index is 1.55. The van der Waals surface area contributed by atoms with Gasteiger partial charge in [-0.15, -0.1) is 0 Å². The van der Waals surface area contributed by atoms with Gasteiger partial charge < -0.3 is 0 Å². The van der Waals surface area contributed by atoms with Crippen LogP contribution >= 0.6 is 0 Å². The van der Waals surface area contributed by atoms with Crippen molar-refractivity contribution in [3.63, 3.8) is 0 Å². The number of carbonyl (C=O) groups excluding carboxylic acids is 1. The zero-order valence-electron chi connectivity index (χ0n) is 19.3. The molecule has 30 heavy (non-hydrogen) atoms. The maximum Gasteiger partial charge on any atom is 0.134 e. The van der Waals surface area contributed by atoms with Gasteiger partial charge in [-0.05, 0) is 99.3 Å². The van der Waals surface area contributed by atoms with Crippen molar-refractivity contribution in [1.29, 1.82) is 0 Å². The normalized spacial score (nSPS) is 19.1. The van der Waals surface area contributed by atoms with Crippen LogP contribution in [0.4, 0.5) is 0 Å². The topological polar surface area (TPSA) is 17.1 Å². The van der Waals surface area contributed by atoms with Gasteiger partial charge in [0.05, 0.1) is 0 Å². The first-order valence-corrected chi connectivity index (χ1v) is 12.1. The number of hydrogen-bond donors (Lipinski definition) is 0. The highest BCUT2D eigenvalue weighted by Gasteiger charge is 2.34. The summed E-state index contributed by atoms with van der Waals surface area (Å²) in [5.74, 6) is 2.68. The van der Waals surface area contributed by atoms with Crippen LogP contribution in [0.15, 0.2) is 36.4 Å². The molecule has 2 saturated carbocycles. The van der Waals surface area contributed by atoms with Crippen LogP contribution in [-0.2, 0) is 4.79 Å². The molecule has 0 amide bonds. The Labute approximate surface area is 183 Å². The molecule has 0 aliphatic heterocycles. The molecule has 2 aromatic carbocycles. The summed E-state index contributed by atoms with van der Waals surface area (Å²) in [6, 6.07) is 13.6. The van der Waals surface area contributed by atoms with Crippen LogP contribution in [0.5, 0.6) is 0 Å². The molecule has 0 unspecified atom stereocenters. The third-order valence-corrected chi connectivity index (χ3v) is 8.00. The number of Topliss-reactive ketones (excluding diaryl/α,β-unsaturated/α-hetero) is 1. The highest BCUT2D eigenvalue weighted by atomic mass is 16.1. The minimum Gasteiger partial charge on any atom is -0.300 e. The molecule has 0 spiro atoms. The fraction of sp³-hybridized carbons (Fsp3) is 0.552. The van der Waals surface area contributed by atoms with Gasteiger partial charge in [-0.1, -0.05) is 60.4 Å². The van der Waals surface area contributed by atoms with E-state index in [1.165, 1.54) is 71.9 Å². The summed E-state index contributed by atoms with van der Waals surface area (Å²) in [4.78, 5) is 13.5. The number of aryl methyl sites for hydroxylation is 4. The summed E-state index contributed by atoms with van der Waals surface area (Å²) < 4.78 is 0. The predicted molar refractivity (Wildman–Crippen MR) is 126 cm³/mol. The van der Waals surface area contributed by atoms with Gasteiger partial charge in [-0.25, -0.2) is 0 Å². The maximum atomic E-state index is 13.5. The van der Waals surface area contributed by atoms with Crippen LogP contribution in [0, 0.1) is 39.5 Å². The Kier molecular flexibility index (Phi) is 6.46. The number of carbonyl (C=O) groups is 1. The fourth-order valence-electron chi connectivity index (χ4n) is 5.64. The molecule has 1 heteroatoms.